The van der Waals surface area contributed by atoms with E-state index in [0.29, 0.717) is 0 Å². The van der Waals surface area contributed by atoms with Gasteiger partial charge in [-0.2, -0.15) is 0 Å². The number of pyridine rings is 1. The van der Waals surface area contributed by atoms with Crippen LogP contribution in [0.3, 0.4) is 0 Å². The molecule has 4 aromatic carbocycles. The maximum absolute atomic E-state index is 6.25. The standard InChI is InChI=1S/C18H17N.C10H9NO/c19-18-7-3-6-14-16-9-8-12-4-1-2-5-13(12)15(16)10-11-17(14)18;1-12-9-4-5-10-8(7-9)3-2-6-11-10/h1-2,4-5,8-11,18H,3,6-7,19H2;2-7H,1H3. The highest BCUT2D eigenvalue weighted by Gasteiger charge is 2.19. The zero-order chi connectivity index (χ0) is 21.2. The second-order valence-corrected chi connectivity index (χ2v) is 8.08. The van der Waals surface area contributed by atoms with Gasteiger partial charge in [-0.25, -0.2) is 0 Å². The van der Waals surface area contributed by atoms with Crippen LogP contribution >= 0.6 is 0 Å². The van der Waals surface area contributed by atoms with Gasteiger partial charge in [-0.05, 0) is 76.2 Å². The van der Waals surface area contributed by atoms with E-state index in [2.05, 4.69) is 53.5 Å². The molecular weight excluding hydrogens is 380 g/mol. The number of methoxy groups -OCH3 is 1. The molecule has 3 nitrogen and oxygen atoms in total. The smallest absolute Gasteiger partial charge is 0.119 e. The van der Waals surface area contributed by atoms with Crippen molar-refractivity contribution >= 4 is 32.4 Å². The lowest BCUT2D eigenvalue weighted by atomic mass is 9.84. The van der Waals surface area contributed by atoms with E-state index in [1.165, 1.54) is 45.5 Å². The number of aromatic nitrogens is 1. The number of fused-ring (bicyclic) bond motifs is 6. The molecule has 0 spiro atoms. The zero-order valence-electron chi connectivity index (χ0n) is 17.7. The topological polar surface area (TPSA) is 48.1 Å². The van der Waals surface area contributed by atoms with E-state index in [0.717, 1.165) is 23.1 Å². The fourth-order valence-electron chi connectivity index (χ4n) is 4.63. The molecule has 0 saturated heterocycles. The number of nitrogens with zero attached hydrogens (tertiary/aromatic N) is 1. The van der Waals surface area contributed by atoms with Crippen molar-refractivity contribution < 1.29 is 4.74 Å². The molecule has 1 unspecified atom stereocenters. The molecule has 1 atom stereocenters. The molecule has 1 aliphatic carbocycles. The first kappa shape index (κ1) is 19.5. The summed E-state index contributed by atoms with van der Waals surface area (Å²) in [7, 11) is 1.66. The number of nitrogens with two attached hydrogens (primary N) is 1. The summed E-state index contributed by atoms with van der Waals surface area (Å²) in [4.78, 5) is 4.20. The van der Waals surface area contributed by atoms with E-state index in [9.17, 15) is 0 Å². The summed E-state index contributed by atoms with van der Waals surface area (Å²) in [5.41, 5.74) is 10.1. The fourth-order valence-corrected chi connectivity index (χ4v) is 4.63. The second-order valence-electron chi connectivity index (χ2n) is 8.08. The Hall–Kier alpha value is -3.43. The minimum atomic E-state index is 0.222. The van der Waals surface area contributed by atoms with E-state index in [1.807, 2.05) is 30.3 Å². The first-order chi connectivity index (χ1) is 15.2. The van der Waals surface area contributed by atoms with Crippen LogP contribution in [0.1, 0.15) is 30.0 Å². The van der Waals surface area contributed by atoms with Crippen LogP contribution in [0.25, 0.3) is 32.4 Å². The van der Waals surface area contributed by atoms with Gasteiger partial charge in [-0.3, -0.25) is 4.98 Å². The van der Waals surface area contributed by atoms with Gasteiger partial charge in [-0.15, -0.1) is 0 Å². The normalized spacial score (nSPS) is 15.4. The summed E-state index contributed by atoms with van der Waals surface area (Å²) in [6, 6.07) is 27.6. The highest BCUT2D eigenvalue weighted by Crippen LogP contribution is 2.36. The van der Waals surface area contributed by atoms with Crippen LogP contribution in [0.5, 0.6) is 5.75 Å². The molecule has 3 heteroatoms. The zero-order valence-corrected chi connectivity index (χ0v) is 17.7. The van der Waals surface area contributed by atoms with Crippen LogP contribution in [0.2, 0.25) is 0 Å². The van der Waals surface area contributed by atoms with Crippen molar-refractivity contribution in [2.75, 3.05) is 7.11 Å². The summed E-state index contributed by atoms with van der Waals surface area (Å²) in [5, 5.41) is 6.53. The molecule has 1 aliphatic rings. The monoisotopic (exact) mass is 406 g/mol. The van der Waals surface area contributed by atoms with E-state index < -0.39 is 0 Å². The van der Waals surface area contributed by atoms with Gasteiger partial charge in [-0.1, -0.05) is 54.6 Å². The Balaban J connectivity index is 0.000000147. The minimum Gasteiger partial charge on any atom is -0.497 e. The molecule has 1 heterocycles. The molecule has 31 heavy (non-hydrogen) atoms. The van der Waals surface area contributed by atoms with Gasteiger partial charge in [0.05, 0.1) is 12.6 Å². The van der Waals surface area contributed by atoms with Crippen molar-refractivity contribution in [3.63, 3.8) is 0 Å². The SMILES string of the molecule is COc1ccc2ncccc2c1.NC1CCCc2c1ccc1c2ccc2ccccc21. The van der Waals surface area contributed by atoms with E-state index in [-0.39, 0.29) is 6.04 Å². The molecule has 0 bridgehead atoms. The van der Waals surface area contributed by atoms with Gasteiger partial charge in [0, 0.05) is 17.6 Å². The van der Waals surface area contributed by atoms with E-state index in [1.54, 1.807) is 13.3 Å². The molecule has 6 rings (SSSR count). The predicted molar refractivity (Wildman–Crippen MR) is 130 cm³/mol. The predicted octanol–water partition coefficient (Wildman–Crippen LogP) is 6.57. The lowest BCUT2D eigenvalue weighted by Gasteiger charge is -2.24. The van der Waals surface area contributed by atoms with Crippen LogP contribution in [0.15, 0.2) is 85.1 Å². The van der Waals surface area contributed by atoms with Crippen LogP contribution in [0, 0.1) is 0 Å². The van der Waals surface area contributed by atoms with Crippen molar-refractivity contribution in [3.8, 4) is 5.75 Å². The molecule has 0 amide bonds. The molecule has 0 radical (unpaired) electrons. The number of benzene rings is 4. The molecule has 0 aliphatic heterocycles. The van der Waals surface area contributed by atoms with Crippen molar-refractivity contribution in [2.24, 2.45) is 5.73 Å². The Labute approximate surface area is 182 Å². The van der Waals surface area contributed by atoms with Gasteiger partial charge >= 0.3 is 0 Å². The van der Waals surface area contributed by atoms with Crippen molar-refractivity contribution in [2.45, 2.75) is 25.3 Å². The highest BCUT2D eigenvalue weighted by atomic mass is 16.5. The summed E-state index contributed by atoms with van der Waals surface area (Å²) in [6.45, 7) is 0. The van der Waals surface area contributed by atoms with Crippen molar-refractivity contribution in [3.05, 3.63) is 96.2 Å². The molecule has 5 aromatic rings. The van der Waals surface area contributed by atoms with Gasteiger partial charge in [0.25, 0.3) is 0 Å². The molecule has 0 saturated carbocycles. The Kier molecular flexibility index (Phi) is 5.27. The highest BCUT2D eigenvalue weighted by molar-refractivity contribution is 6.08. The minimum absolute atomic E-state index is 0.222. The van der Waals surface area contributed by atoms with E-state index in [4.69, 9.17) is 10.5 Å². The number of ether oxygens (including phenoxy) is 1. The van der Waals surface area contributed by atoms with Gasteiger partial charge < -0.3 is 10.5 Å². The number of aryl methyl sites for hydroxylation is 1. The quantitative estimate of drug-likeness (QED) is 0.320. The molecular formula is C28H26N2O. The summed E-state index contributed by atoms with van der Waals surface area (Å²) >= 11 is 0. The Bertz CT molecular complexity index is 1380. The fraction of sp³-hybridized carbons (Fsp3) is 0.179. The number of hydrogen-bond donors (Lipinski definition) is 1. The lowest BCUT2D eigenvalue weighted by molar-refractivity contribution is 0.415. The maximum Gasteiger partial charge on any atom is 0.119 e. The molecule has 0 fully saturated rings. The van der Waals surface area contributed by atoms with Crippen LogP contribution in [-0.2, 0) is 6.42 Å². The molecule has 1 aromatic heterocycles. The van der Waals surface area contributed by atoms with Gasteiger partial charge in [0.2, 0.25) is 0 Å². The third-order valence-corrected chi connectivity index (χ3v) is 6.23. The number of rotatable bonds is 1. The summed E-state index contributed by atoms with van der Waals surface area (Å²) in [6.07, 6.45) is 5.28. The number of hydrogen-bond acceptors (Lipinski definition) is 3. The average Bonchev–Trinajstić information content (AvgIpc) is 2.84. The van der Waals surface area contributed by atoms with Crippen LogP contribution < -0.4 is 10.5 Å². The average molecular weight is 407 g/mol. The molecule has 2 N–H and O–H groups in total. The third-order valence-electron chi connectivity index (χ3n) is 6.23. The lowest BCUT2D eigenvalue weighted by Crippen LogP contribution is -2.17. The Morgan fingerprint density at radius 2 is 1.68 bits per heavy atom. The second kappa shape index (κ2) is 8.37. The van der Waals surface area contributed by atoms with Crippen LogP contribution in [-0.4, -0.2) is 12.1 Å². The van der Waals surface area contributed by atoms with E-state index >= 15 is 0 Å². The molecule has 154 valence electrons. The summed E-state index contributed by atoms with van der Waals surface area (Å²) in [5.74, 6) is 0.871. The first-order valence-corrected chi connectivity index (χ1v) is 10.8. The Morgan fingerprint density at radius 1 is 0.839 bits per heavy atom. The van der Waals surface area contributed by atoms with Crippen LogP contribution in [0.4, 0.5) is 0 Å². The Morgan fingerprint density at radius 3 is 2.58 bits per heavy atom. The van der Waals surface area contributed by atoms with Gasteiger partial charge in [0.1, 0.15) is 5.75 Å². The summed E-state index contributed by atoms with van der Waals surface area (Å²) < 4.78 is 5.09. The van der Waals surface area contributed by atoms with Crippen molar-refractivity contribution in [1.29, 1.82) is 0 Å². The maximum atomic E-state index is 6.25. The first-order valence-electron chi connectivity index (χ1n) is 10.8. The largest absolute Gasteiger partial charge is 0.497 e. The third kappa shape index (κ3) is 3.73. The van der Waals surface area contributed by atoms with Crippen molar-refractivity contribution in [1.82, 2.24) is 4.98 Å². The van der Waals surface area contributed by atoms with Gasteiger partial charge in [0.15, 0.2) is 0 Å².